The van der Waals surface area contributed by atoms with E-state index in [4.69, 9.17) is 10.00 Å². The van der Waals surface area contributed by atoms with Crippen LogP contribution in [0.5, 0.6) is 0 Å². The van der Waals surface area contributed by atoms with Crippen molar-refractivity contribution < 1.29 is 14.3 Å². The largest absolute Gasteiger partial charge is 0.462 e. The fourth-order valence-electron chi connectivity index (χ4n) is 2.10. The first kappa shape index (κ1) is 19.2. The molecule has 2 N–H and O–H groups in total. The van der Waals surface area contributed by atoms with Crippen LogP contribution in [0.25, 0.3) is 0 Å². The second-order valence-corrected chi connectivity index (χ2v) is 5.22. The molecule has 0 saturated heterocycles. The number of hydrogen-bond donors (Lipinski definition) is 2. The van der Waals surface area contributed by atoms with Gasteiger partial charge in [-0.05, 0) is 43.3 Å². The number of carbonyl (C=O) groups is 2. The fraction of sp³-hybridized carbons (Fsp3) is 0.100. The van der Waals surface area contributed by atoms with Gasteiger partial charge < -0.3 is 15.4 Å². The highest BCUT2D eigenvalue weighted by Crippen LogP contribution is 2.15. The monoisotopic (exact) mass is 360 g/mol. The maximum Gasteiger partial charge on any atom is 0.338 e. The molecule has 7 nitrogen and oxygen atoms in total. The van der Waals surface area contributed by atoms with Crippen LogP contribution in [0.4, 0.5) is 11.4 Å². The molecule has 0 atom stereocenters. The predicted octanol–water partition coefficient (Wildman–Crippen LogP) is 3.19. The summed E-state index contributed by atoms with van der Waals surface area (Å²) >= 11 is 0. The number of anilines is 2. The molecular weight excluding hydrogens is 344 g/mol. The molecule has 0 unspecified atom stereocenters. The lowest BCUT2D eigenvalue weighted by atomic mass is 10.2. The van der Waals surface area contributed by atoms with Crippen LogP contribution in [-0.2, 0) is 9.53 Å². The zero-order valence-corrected chi connectivity index (χ0v) is 14.5. The quantitative estimate of drug-likeness (QED) is 0.464. The molecule has 2 aromatic carbocycles. The number of rotatable bonds is 6. The van der Waals surface area contributed by atoms with Gasteiger partial charge in [-0.1, -0.05) is 12.1 Å². The molecule has 27 heavy (non-hydrogen) atoms. The van der Waals surface area contributed by atoms with E-state index in [0.29, 0.717) is 22.5 Å². The van der Waals surface area contributed by atoms with Gasteiger partial charge in [0.25, 0.3) is 5.91 Å². The second-order valence-electron chi connectivity index (χ2n) is 5.22. The maximum atomic E-state index is 12.2. The van der Waals surface area contributed by atoms with Crippen molar-refractivity contribution in [3.05, 3.63) is 71.4 Å². The Bertz CT molecular complexity index is 950. The van der Waals surface area contributed by atoms with Crippen LogP contribution in [-0.4, -0.2) is 18.5 Å². The average Bonchev–Trinajstić information content (AvgIpc) is 2.69. The Labute approximate surface area is 156 Å². The van der Waals surface area contributed by atoms with Gasteiger partial charge in [-0.3, -0.25) is 4.79 Å². The molecular formula is C20H16N4O3. The molecule has 0 aliphatic rings. The van der Waals surface area contributed by atoms with Crippen LogP contribution in [0.15, 0.2) is 60.3 Å². The van der Waals surface area contributed by atoms with E-state index in [0.717, 1.165) is 0 Å². The van der Waals surface area contributed by atoms with Crippen LogP contribution in [0.2, 0.25) is 0 Å². The third kappa shape index (κ3) is 5.18. The summed E-state index contributed by atoms with van der Waals surface area (Å²) in [5.41, 5.74) is 1.44. The highest BCUT2D eigenvalue weighted by molar-refractivity contribution is 6.07. The van der Waals surface area contributed by atoms with Crippen LogP contribution in [0, 0.1) is 22.7 Å². The van der Waals surface area contributed by atoms with E-state index in [9.17, 15) is 14.9 Å². The summed E-state index contributed by atoms with van der Waals surface area (Å²) in [5.74, 6) is -1.07. The molecule has 134 valence electrons. The summed E-state index contributed by atoms with van der Waals surface area (Å²) in [6.07, 6.45) is 1.25. The topological polar surface area (TPSA) is 115 Å². The van der Waals surface area contributed by atoms with Crippen molar-refractivity contribution in [3.63, 3.8) is 0 Å². The van der Waals surface area contributed by atoms with E-state index in [1.807, 2.05) is 6.07 Å². The smallest absolute Gasteiger partial charge is 0.338 e. The van der Waals surface area contributed by atoms with E-state index in [1.165, 1.54) is 6.20 Å². The number of ether oxygens (including phenoxy) is 1. The zero-order chi connectivity index (χ0) is 19.6. The van der Waals surface area contributed by atoms with E-state index < -0.39 is 11.9 Å². The average molecular weight is 360 g/mol. The van der Waals surface area contributed by atoms with E-state index in [-0.39, 0.29) is 12.2 Å². The molecule has 1 amide bonds. The van der Waals surface area contributed by atoms with Crippen molar-refractivity contribution in [1.82, 2.24) is 0 Å². The van der Waals surface area contributed by atoms with Gasteiger partial charge in [-0.25, -0.2) is 4.79 Å². The third-order valence-electron chi connectivity index (χ3n) is 3.44. The molecule has 0 spiro atoms. The molecule has 0 saturated carbocycles. The van der Waals surface area contributed by atoms with Crippen molar-refractivity contribution in [2.45, 2.75) is 6.92 Å². The van der Waals surface area contributed by atoms with Gasteiger partial charge in [0.05, 0.1) is 23.4 Å². The Morgan fingerprint density at radius 2 is 1.81 bits per heavy atom. The summed E-state index contributed by atoms with van der Waals surface area (Å²) in [6, 6.07) is 16.7. The van der Waals surface area contributed by atoms with Crippen molar-refractivity contribution in [2.24, 2.45) is 0 Å². The number of nitrogens with one attached hydrogen (secondary N) is 2. The van der Waals surface area contributed by atoms with E-state index >= 15 is 0 Å². The molecule has 0 fully saturated rings. The molecule has 0 aliphatic carbocycles. The molecule has 2 rings (SSSR count). The number of carbonyl (C=O) groups excluding carboxylic acids is 2. The highest BCUT2D eigenvalue weighted by atomic mass is 16.5. The lowest BCUT2D eigenvalue weighted by molar-refractivity contribution is -0.112. The van der Waals surface area contributed by atoms with Crippen molar-refractivity contribution in [3.8, 4) is 12.1 Å². The third-order valence-corrected chi connectivity index (χ3v) is 3.44. The summed E-state index contributed by atoms with van der Waals surface area (Å²) in [5, 5.41) is 23.6. The van der Waals surface area contributed by atoms with Gasteiger partial charge in [0.2, 0.25) is 0 Å². The van der Waals surface area contributed by atoms with Gasteiger partial charge in [0.15, 0.2) is 0 Å². The first-order chi connectivity index (χ1) is 13.1. The van der Waals surface area contributed by atoms with E-state index in [2.05, 4.69) is 10.6 Å². The zero-order valence-electron chi connectivity index (χ0n) is 14.5. The highest BCUT2D eigenvalue weighted by Gasteiger charge is 2.11. The maximum absolute atomic E-state index is 12.2. The van der Waals surface area contributed by atoms with Crippen LogP contribution < -0.4 is 10.6 Å². The van der Waals surface area contributed by atoms with Crippen LogP contribution in [0.3, 0.4) is 0 Å². The molecule has 7 heteroatoms. The summed E-state index contributed by atoms with van der Waals surface area (Å²) in [7, 11) is 0. The minimum atomic E-state index is -0.643. The number of esters is 1. The molecule has 0 aromatic heterocycles. The predicted molar refractivity (Wildman–Crippen MR) is 99.5 cm³/mol. The molecule has 0 aliphatic heterocycles. The number of benzene rings is 2. The minimum Gasteiger partial charge on any atom is -0.462 e. The van der Waals surface area contributed by atoms with Gasteiger partial charge in [0.1, 0.15) is 17.7 Å². The summed E-state index contributed by atoms with van der Waals surface area (Å²) < 4.78 is 4.90. The number of para-hydroxylation sites is 1. The number of hydrogen-bond acceptors (Lipinski definition) is 6. The van der Waals surface area contributed by atoms with Crippen LogP contribution >= 0.6 is 0 Å². The number of nitriles is 2. The first-order valence-electron chi connectivity index (χ1n) is 8.03. The summed E-state index contributed by atoms with van der Waals surface area (Å²) in [4.78, 5) is 23.8. The van der Waals surface area contributed by atoms with Gasteiger partial charge >= 0.3 is 5.97 Å². The standard InChI is InChI=1S/C20H16N4O3/c1-2-27-20(26)14-7-9-17(10-8-14)23-13-16(12-22)19(25)24-18-6-4-3-5-15(18)11-21/h3-10,13,23H,2H2,1H3,(H,24,25)/b16-13-. The summed E-state index contributed by atoms with van der Waals surface area (Å²) in [6.45, 7) is 2.01. The Morgan fingerprint density at radius 3 is 2.44 bits per heavy atom. The Morgan fingerprint density at radius 1 is 1.11 bits per heavy atom. The van der Waals surface area contributed by atoms with Crippen LogP contribution in [0.1, 0.15) is 22.8 Å². The minimum absolute atomic E-state index is 0.169. The molecule has 0 bridgehead atoms. The molecule has 2 aromatic rings. The Balaban J connectivity index is 2.08. The lowest BCUT2D eigenvalue weighted by Gasteiger charge is -2.07. The van der Waals surface area contributed by atoms with Crippen molar-refractivity contribution >= 4 is 23.3 Å². The molecule has 0 heterocycles. The normalized spacial score (nSPS) is 10.3. The SMILES string of the molecule is CCOC(=O)c1ccc(N/C=C(/C#N)C(=O)Nc2ccccc2C#N)cc1. The fourth-order valence-corrected chi connectivity index (χ4v) is 2.10. The number of nitrogens with zero attached hydrogens (tertiary/aromatic N) is 2. The Kier molecular flexibility index (Phi) is 6.69. The first-order valence-corrected chi connectivity index (χ1v) is 8.03. The second kappa shape index (κ2) is 9.40. The van der Waals surface area contributed by atoms with Crippen molar-refractivity contribution in [1.29, 1.82) is 10.5 Å². The number of amides is 1. The van der Waals surface area contributed by atoms with Gasteiger partial charge in [0, 0.05) is 11.9 Å². The van der Waals surface area contributed by atoms with Gasteiger partial charge in [-0.15, -0.1) is 0 Å². The van der Waals surface area contributed by atoms with E-state index in [1.54, 1.807) is 61.5 Å². The van der Waals surface area contributed by atoms with Gasteiger partial charge in [-0.2, -0.15) is 10.5 Å². The Hall–Kier alpha value is -4.10. The molecule has 0 radical (unpaired) electrons. The lowest BCUT2D eigenvalue weighted by Crippen LogP contribution is -2.15. The van der Waals surface area contributed by atoms with Crippen molar-refractivity contribution in [2.75, 3.05) is 17.2 Å².